The Balaban J connectivity index is 1.70. The maximum atomic E-state index is 14.9. The molecule has 274 valence electrons. The van der Waals surface area contributed by atoms with Gasteiger partial charge < -0.3 is 21.9 Å². The Morgan fingerprint density at radius 1 is 0.673 bits per heavy atom. The second kappa shape index (κ2) is 19.6. The lowest BCUT2D eigenvalue weighted by Gasteiger charge is -2.31. The van der Waals surface area contributed by atoms with Crippen LogP contribution in [0.3, 0.4) is 0 Å². The van der Waals surface area contributed by atoms with E-state index in [4.69, 9.17) is 11.5 Å². The lowest BCUT2D eigenvalue weighted by molar-refractivity contribution is -0.132. The molecule has 0 bridgehead atoms. The maximum absolute atomic E-state index is 14.9. The van der Waals surface area contributed by atoms with Crippen molar-refractivity contribution >= 4 is 29.2 Å². The molecule has 0 saturated heterocycles. The first-order valence-corrected chi connectivity index (χ1v) is 18.1. The highest BCUT2D eigenvalue weighted by molar-refractivity contribution is 6.21. The van der Waals surface area contributed by atoms with Crippen LogP contribution >= 0.6 is 0 Å². The van der Waals surface area contributed by atoms with E-state index < -0.39 is 47.7 Å². The first-order valence-electron chi connectivity index (χ1n) is 18.1. The zero-order chi connectivity index (χ0) is 37.6. The third-order valence-corrected chi connectivity index (χ3v) is 9.15. The Hall–Kier alpha value is -4.96. The monoisotopic (exact) mass is 704 g/mol. The summed E-state index contributed by atoms with van der Waals surface area (Å²) in [6.07, 6.45) is 0.449. The summed E-state index contributed by atoms with van der Waals surface area (Å²) in [4.78, 5) is 57.3. The number of hydrogen-bond donors (Lipinski definition) is 4. The molecule has 0 spiro atoms. The van der Waals surface area contributed by atoms with Gasteiger partial charge in [0.25, 0.3) is 5.91 Å². The van der Waals surface area contributed by atoms with Crippen molar-refractivity contribution in [3.05, 3.63) is 138 Å². The number of anilines is 1. The molecule has 0 aromatic heterocycles. The quantitative estimate of drug-likeness (QED) is 0.101. The van der Waals surface area contributed by atoms with Crippen LogP contribution in [-0.2, 0) is 33.6 Å². The number of imide groups is 1. The molecule has 3 amide bonds. The van der Waals surface area contributed by atoms with Gasteiger partial charge in [0, 0.05) is 23.9 Å². The summed E-state index contributed by atoms with van der Waals surface area (Å²) in [6.45, 7) is 5.44. The minimum atomic E-state index is -1.12. The first kappa shape index (κ1) is 39.8. The summed E-state index contributed by atoms with van der Waals surface area (Å²) in [5, 5.41) is 14.2. The van der Waals surface area contributed by atoms with Crippen LogP contribution < -0.4 is 21.7 Å². The number of rotatable bonds is 18. The number of carbonyl (C=O) groups is 4. The van der Waals surface area contributed by atoms with Crippen molar-refractivity contribution in [2.75, 3.05) is 4.90 Å². The van der Waals surface area contributed by atoms with Crippen molar-refractivity contribution in [3.63, 3.8) is 0 Å². The Labute approximate surface area is 307 Å². The molecule has 0 aliphatic carbocycles. The molecule has 0 radical (unpaired) electrons. The molecule has 52 heavy (non-hydrogen) atoms. The van der Waals surface area contributed by atoms with Crippen LogP contribution in [0.15, 0.2) is 115 Å². The fourth-order valence-electron chi connectivity index (χ4n) is 6.35. The summed E-state index contributed by atoms with van der Waals surface area (Å²) in [7, 11) is 0. The topological polar surface area (TPSA) is 156 Å². The highest BCUT2D eigenvalue weighted by Crippen LogP contribution is 2.29. The number of carbonyl (C=O) groups excluding carboxylic acids is 4. The zero-order valence-corrected chi connectivity index (χ0v) is 30.4. The number of aryl methyl sites for hydroxylation is 1. The first-order chi connectivity index (χ1) is 24.9. The fraction of sp³-hybridized carbons (Fsp3) is 0.349. The summed E-state index contributed by atoms with van der Waals surface area (Å²) in [5.41, 5.74) is 15.8. The van der Waals surface area contributed by atoms with Crippen molar-refractivity contribution < 1.29 is 24.3 Å². The van der Waals surface area contributed by atoms with E-state index in [1.54, 1.807) is 24.3 Å². The second-order valence-electron chi connectivity index (χ2n) is 13.9. The van der Waals surface area contributed by atoms with E-state index in [0.717, 1.165) is 21.6 Å². The van der Waals surface area contributed by atoms with E-state index in [1.807, 2.05) is 105 Å². The van der Waals surface area contributed by atoms with Crippen molar-refractivity contribution in [1.29, 1.82) is 0 Å². The molecule has 0 aliphatic heterocycles. The van der Waals surface area contributed by atoms with E-state index in [-0.39, 0.29) is 42.3 Å². The number of benzene rings is 4. The molecule has 0 heterocycles. The van der Waals surface area contributed by atoms with Gasteiger partial charge in [-0.1, -0.05) is 117 Å². The molecular weight excluding hydrogens is 652 g/mol. The average Bonchev–Trinajstić information content (AvgIpc) is 3.14. The maximum Gasteiger partial charge on any atom is 0.256 e. The molecule has 4 aromatic rings. The van der Waals surface area contributed by atoms with Gasteiger partial charge >= 0.3 is 0 Å². The molecule has 9 heteroatoms. The molecule has 9 nitrogen and oxygen atoms in total. The molecule has 4 aromatic carbocycles. The molecule has 0 fully saturated rings. The SMILES string of the molecule is CC(C)CC(N)C(=O)c1ccccc1N(C(=O)C(C)NC(=O)CCc1ccccc1)C(=O)[C@H](Cc1ccccc1)C[C@H](O)[C@@H](N)Cc1ccccc1. The molecule has 0 saturated carbocycles. The number of amides is 3. The molecule has 4 rings (SSSR count). The van der Waals surface area contributed by atoms with Gasteiger partial charge in [-0.3, -0.25) is 19.2 Å². The average molecular weight is 705 g/mol. The van der Waals surface area contributed by atoms with Gasteiger partial charge in [0.15, 0.2) is 5.78 Å². The standard InChI is InChI=1S/C43H52N4O5/c1-29(2)25-37(45)41(50)35-21-13-14-22-38(35)47(42(51)30(3)46-40(49)24-23-31-15-7-4-8-16-31)43(52)34(26-32-17-9-5-10-18-32)28-39(48)36(44)27-33-19-11-6-12-20-33/h4-22,29-30,34,36-37,39,48H,23-28,44-45H2,1-3H3,(H,46,49)/t30?,34-,36+,37?,39+/m1/s1. The van der Waals surface area contributed by atoms with Crippen LogP contribution in [0.25, 0.3) is 0 Å². The number of nitrogens with two attached hydrogens (primary N) is 2. The number of aliphatic hydroxyl groups excluding tert-OH is 1. The van der Waals surface area contributed by atoms with Crippen LogP contribution in [0.1, 0.15) is 67.1 Å². The largest absolute Gasteiger partial charge is 0.391 e. The summed E-state index contributed by atoms with van der Waals surface area (Å²) in [6, 6.07) is 32.1. The zero-order valence-electron chi connectivity index (χ0n) is 30.4. The molecule has 5 atom stereocenters. The van der Waals surface area contributed by atoms with E-state index in [1.165, 1.54) is 6.92 Å². The highest BCUT2D eigenvalue weighted by Gasteiger charge is 2.37. The van der Waals surface area contributed by atoms with Gasteiger partial charge in [0.05, 0.1) is 17.8 Å². The molecule has 2 unspecified atom stereocenters. The normalized spacial score (nSPS) is 14.1. The van der Waals surface area contributed by atoms with Crippen LogP contribution in [0.5, 0.6) is 0 Å². The summed E-state index contributed by atoms with van der Waals surface area (Å²) in [5.74, 6) is -2.88. The smallest absolute Gasteiger partial charge is 0.256 e. The minimum Gasteiger partial charge on any atom is -0.391 e. The van der Waals surface area contributed by atoms with Crippen LogP contribution in [0.2, 0.25) is 0 Å². The highest BCUT2D eigenvalue weighted by atomic mass is 16.3. The lowest BCUT2D eigenvalue weighted by atomic mass is 9.88. The minimum absolute atomic E-state index is 0.0493. The van der Waals surface area contributed by atoms with Crippen LogP contribution in [0, 0.1) is 11.8 Å². The lowest BCUT2D eigenvalue weighted by Crippen LogP contribution is -2.52. The number of aliphatic hydroxyl groups is 1. The number of para-hydroxylation sites is 1. The number of nitrogens with one attached hydrogen (secondary N) is 1. The Morgan fingerprint density at radius 2 is 1.19 bits per heavy atom. The molecular formula is C43H52N4O5. The summed E-state index contributed by atoms with van der Waals surface area (Å²) >= 11 is 0. The van der Waals surface area contributed by atoms with Crippen molar-refractivity contribution in [3.8, 4) is 0 Å². The van der Waals surface area contributed by atoms with Gasteiger partial charge in [-0.05, 0) is 73.8 Å². The van der Waals surface area contributed by atoms with Gasteiger partial charge in [-0.15, -0.1) is 0 Å². The van der Waals surface area contributed by atoms with E-state index in [2.05, 4.69) is 5.32 Å². The second-order valence-corrected chi connectivity index (χ2v) is 13.9. The van der Waals surface area contributed by atoms with Crippen molar-refractivity contribution in [1.82, 2.24) is 5.32 Å². The fourth-order valence-corrected chi connectivity index (χ4v) is 6.35. The summed E-state index contributed by atoms with van der Waals surface area (Å²) < 4.78 is 0. The third kappa shape index (κ3) is 11.5. The van der Waals surface area contributed by atoms with Gasteiger partial charge in [0.1, 0.15) is 6.04 Å². The number of Topliss-reactive ketones (excluding diaryl/α,β-unsaturated/α-hetero) is 1. The predicted octanol–water partition coefficient (Wildman–Crippen LogP) is 5.42. The van der Waals surface area contributed by atoms with Gasteiger partial charge in [-0.25, -0.2) is 4.90 Å². The van der Waals surface area contributed by atoms with Crippen molar-refractivity contribution in [2.45, 2.75) is 83.5 Å². The van der Waals surface area contributed by atoms with Crippen LogP contribution in [-0.4, -0.2) is 52.8 Å². The van der Waals surface area contributed by atoms with Gasteiger partial charge in [-0.2, -0.15) is 0 Å². The predicted molar refractivity (Wildman–Crippen MR) is 205 cm³/mol. The van der Waals surface area contributed by atoms with Crippen molar-refractivity contribution in [2.24, 2.45) is 23.3 Å². The number of hydrogen-bond acceptors (Lipinski definition) is 7. The molecule has 0 aliphatic rings. The molecule has 6 N–H and O–H groups in total. The Morgan fingerprint density at radius 3 is 1.77 bits per heavy atom. The van der Waals surface area contributed by atoms with E-state index in [9.17, 15) is 24.3 Å². The number of nitrogens with zero attached hydrogens (tertiary/aromatic N) is 1. The third-order valence-electron chi connectivity index (χ3n) is 9.15. The number of ketones is 1. The van der Waals surface area contributed by atoms with Gasteiger partial charge in [0.2, 0.25) is 11.8 Å². The Kier molecular flexibility index (Phi) is 15.0. The Bertz CT molecular complexity index is 1750. The van der Waals surface area contributed by atoms with Crippen LogP contribution in [0.4, 0.5) is 5.69 Å². The van der Waals surface area contributed by atoms with E-state index in [0.29, 0.717) is 19.3 Å². The van der Waals surface area contributed by atoms with E-state index >= 15 is 0 Å².